The first-order chi connectivity index (χ1) is 17.1. The lowest BCUT2D eigenvalue weighted by atomic mass is 10.1. The van der Waals surface area contributed by atoms with Crippen LogP contribution in [-0.2, 0) is 16.0 Å². The number of hydrogen-bond acceptors (Lipinski definition) is 6. The molecule has 35 heavy (non-hydrogen) atoms. The molecule has 9 heteroatoms. The van der Waals surface area contributed by atoms with Gasteiger partial charge in [-0.05, 0) is 55.3 Å². The Bertz CT molecular complexity index is 1160. The number of amides is 1. The van der Waals surface area contributed by atoms with E-state index < -0.39 is 5.82 Å². The Morgan fingerprint density at radius 2 is 1.86 bits per heavy atom. The smallest absolute Gasteiger partial charge is 0.254 e. The van der Waals surface area contributed by atoms with E-state index in [1.165, 1.54) is 30.3 Å². The number of nitrogens with zero attached hydrogens (tertiary/aromatic N) is 3. The fraction of sp³-hybridized carbons (Fsp3) is 0.385. The van der Waals surface area contributed by atoms with Crippen molar-refractivity contribution in [2.75, 3.05) is 44.4 Å². The zero-order valence-corrected chi connectivity index (χ0v) is 19.3. The maximum atomic E-state index is 13.9. The minimum absolute atomic E-state index is 0.103. The molecule has 3 aromatic rings. The third kappa shape index (κ3) is 5.36. The average molecular weight is 484 g/mol. The highest BCUT2D eigenvalue weighted by Gasteiger charge is 2.30. The van der Waals surface area contributed by atoms with Crippen LogP contribution >= 0.6 is 0 Å². The van der Waals surface area contributed by atoms with E-state index in [1.807, 2.05) is 4.90 Å². The lowest BCUT2D eigenvalue weighted by Gasteiger charge is -2.29. The molecule has 0 radical (unpaired) electrons. The monoisotopic (exact) mass is 483 g/mol. The quantitative estimate of drug-likeness (QED) is 0.500. The van der Waals surface area contributed by atoms with Crippen LogP contribution in [-0.4, -0.2) is 61.5 Å². The van der Waals surface area contributed by atoms with Gasteiger partial charge in [0.05, 0.1) is 31.4 Å². The summed E-state index contributed by atoms with van der Waals surface area (Å²) in [5.41, 5.74) is 2.19. The first-order valence-electron chi connectivity index (χ1n) is 11.8. The average Bonchev–Trinajstić information content (AvgIpc) is 3.54. The lowest BCUT2D eigenvalue weighted by Crippen LogP contribution is -2.39. The summed E-state index contributed by atoms with van der Waals surface area (Å²) in [5.74, 6) is -0.580. The Balaban J connectivity index is 1.52. The molecular formula is C26H27F2N3O4. The number of ether oxygens (including phenoxy) is 2. The first-order valence-corrected chi connectivity index (χ1v) is 11.8. The van der Waals surface area contributed by atoms with Gasteiger partial charge in [-0.3, -0.25) is 4.79 Å². The van der Waals surface area contributed by atoms with Crippen molar-refractivity contribution in [2.45, 2.75) is 25.5 Å². The van der Waals surface area contributed by atoms with Gasteiger partial charge in [-0.25, -0.2) is 8.78 Å². The molecule has 184 valence electrons. The highest BCUT2D eigenvalue weighted by molar-refractivity contribution is 5.94. The molecule has 0 spiro atoms. The number of carbonyl (C=O) groups excluding carboxylic acids is 1. The minimum Gasteiger partial charge on any atom is -0.378 e. The summed E-state index contributed by atoms with van der Waals surface area (Å²) in [6.07, 6.45) is 1.67. The number of anilines is 1. The number of aromatic nitrogens is 1. The Hall–Kier alpha value is -3.30. The predicted octanol–water partition coefficient (Wildman–Crippen LogP) is 4.28. The molecule has 2 aromatic carbocycles. The molecule has 0 N–H and O–H groups in total. The number of halogens is 2. The van der Waals surface area contributed by atoms with Crippen LogP contribution in [0.5, 0.6) is 0 Å². The second-order valence-corrected chi connectivity index (χ2v) is 8.75. The summed E-state index contributed by atoms with van der Waals surface area (Å²) < 4.78 is 44.6. The molecule has 0 aliphatic carbocycles. The molecular weight excluding hydrogens is 456 g/mol. The molecule has 1 aromatic heterocycles. The molecule has 1 unspecified atom stereocenters. The van der Waals surface area contributed by atoms with E-state index in [0.29, 0.717) is 62.2 Å². The normalized spacial score (nSPS) is 18.1. The minimum atomic E-state index is -0.473. The second-order valence-electron chi connectivity index (χ2n) is 8.75. The van der Waals surface area contributed by atoms with Crippen molar-refractivity contribution in [1.82, 2.24) is 10.1 Å². The molecule has 0 bridgehead atoms. The molecule has 2 saturated heterocycles. The van der Waals surface area contributed by atoms with Crippen LogP contribution in [0.4, 0.5) is 14.7 Å². The topological polar surface area (TPSA) is 68.0 Å². The van der Waals surface area contributed by atoms with Crippen molar-refractivity contribution < 1.29 is 27.6 Å². The van der Waals surface area contributed by atoms with Crippen LogP contribution in [0.15, 0.2) is 53.1 Å². The Morgan fingerprint density at radius 3 is 2.57 bits per heavy atom. The number of carbonyl (C=O) groups is 1. The molecule has 2 aliphatic rings. The Labute approximate surface area is 202 Å². The van der Waals surface area contributed by atoms with Crippen LogP contribution in [0.2, 0.25) is 0 Å². The number of morpholine rings is 1. The maximum absolute atomic E-state index is 13.9. The van der Waals surface area contributed by atoms with Gasteiger partial charge in [0.25, 0.3) is 5.91 Å². The van der Waals surface area contributed by atoms with Gasteiger partial charge in [0, 0.05) is 37.4 Å². The first kappa shape index (κ1) is 23.4. The molecule has 7 nitrogen and oxygen atoms in total. The molecule has 3 heterocycles. The van der Waals surface area contributed by atoms with E-state index in [-0.39, 0.29) is 29.9 Å². The van der Waals surface area contributed by atoms with Crippen molar-refractivity contribution in [3.05, 3.63) is 71.3 Å². The van der Waals surface area contributed by atoms with Crippen molar-refractivity contribution in [1.29, 1.82) is 0 Å². The molecule has 0 saturated carbocycles. The summed E-state index contributed by atoms with van der Waals surface area (Å²) >= 11 is 0. The SMILES string of the molecule is O=C(c1cccc(F)c1)N(Cc1c(-c2ccc(F)cc2)noc1N1CCOCC1)CC1CCCO1. The van der Waals surface area contributed by atoms with Crippen molar-refractivity contribution >= 4 is 11.8 Å². The third-order valence-corrected chi connectivity index (χ3v) is 6.34. The molecule has 5 rings (SSSR count). The Kier molecular flexibility index (Phi) is 7.06. The van der Waals surface area contributed by atoms with Gasteiger partial charge in [0.15, 0.2) is 0 Å². The summed E-state index contributed by atoms with van der Waals surface area (Å²) in [4.78, 5) is 17.3. The van der Waals surface area contributed by atoms with E-state index >= 15 is 0 Å². The summed E-state index contributed by atoms with van der Waals surface area (Å²) in [7, 11) is 0. The molecule has 1 atom stereocenters. The Morgan fingerprint density at radius 1 is 1.06 bits per heavy atom. The van der Waals surface area contributed by atoms with Gasteiger partial charge in [0.2, 0.25) is 5.88 Å². The van der Waals surface area contributed by atoms with Gasteiger partial charge in [-0.15, -0.1) is 0 Å². The van der Waals surface area contributed by atoms with Crippen LogP contribution in [0.25, 0.3) is 11.3 Å². The molecule has 2 aliphatic heterocycles. The highest BCUT2D eigenvalue weighted by Crippen LogP contribution is 2.34. The fourth-order valence-corrected chi connectivity index (χ4v) is 4.54. The highest BCUT2D eigenvalue weighted by atomic mass is 19.1. The van der Waals surface area contributed by atoms with Gasteiger partial charge in [-0.2, -0.15) is 0 Å². The number of benzene rings is 2. The standard InChI is InChI=1S/C26H27F2N3O4/c27-20-8-6-18(7-9-20)24-23(26(35-29-24)30-10-13-33-14-11-30)17-31(16-22-5-2-12-34-22)25(32)19-3-1-4-21(28)15-19/h1,3-4,6-9,15,22H,2,5,10-14,16-17H2. The van der Waals surface area contributed by atoms with E-state index in [4.69, 9.17) is 14.0 Å². The molecule has 1 amide bonds. The van der Waals surface area contributed by atoms with Crippen LogP contribution in [0, 0.1) is 11.6 Å². The summed E-state index contributed by atoms with van der Waals surface area (Å²) in [6, 6.07) is 11.7. The number of hydrogen-bond donors (Lipinski definition) is 0. The fourth-order valence-electron chi connectivity index (χ4n) is 4.54. The van der Waals surface area contributed by atoms with E-state index in [9.17, 15) is 13.6 Å². The van der Waals surface area contributed by atoms with Crippen molar-refractivity contribution in [2.24, 2.45) is 0 Å². The van der Waals surface area contributed by atoms with E-state index in [0.717, 1.165) is 12.8 Å². The van der Waals surface area contributed by atoms with Gasteiger partial charge in [0.1, 0.15) is 17.3 Å². The zero-order chi connectivity index (χ0) is 24.2. The summed E-state index contributed by atoms with van der Waals surface area (Å²) in [6.45, 7) is 3.52. The van der Waals surface area contributed by atoms with Crippen molar-refractivity contribution in [3.63, 3.8) is 0 Å². The largest absolute Gasteiger partial charge is 0.378 e. The van der Waals surface area contributed by atoms with Gasteiger partial charge < -0.3 is 23.8 Å². The molecule has 2 fully saturated rings. The number of rotatable bonds is 7. The second kappa shape index (κ2) is 10.5. The summed E-state index contributed by atoms with van der Waals surface area (Å²) in [5, 5.41) is 4.31. The van der Waals surface area contributed by atoms with E-state index in [2.05, 4.69) is 5.16 Å². The van der Waals surface area contributed by atoms with Gasteiger partial charge >= 0.3 is 0 Å². The predicted molar refractivity (Wildman–Crippen MR) is 125 cm³/mol. The van der Waals surface area contributed by atoms with Crippen molar-refractivity contribution in [3.8, 4) is 11.3 Å². The zero-order valence-electron chi connectivity index (χ0n) is 19.3. The third-order valence-electron chi connectivity index (χ3n) is 6.34. The lowest BCUT2D eigenvalue weighted by molar-refractivity contribution is 0.0507. The van der Waals surface area contributed by atoms with Crippen LogP contribution in [0.1, 0.15) is 28.8 Å². The van der Waals surface area contributed by atoms with E-state index in [1.54, 1.807) is 23.1 Å². The maximum Gasteiger partial charge on any atom is 0.254 e. The van der Waals surface area contributed by atoms with Crippen LogP contribution < -0.4 is 4.90 Å². The van der Waals surface area contributed by atoms with Gasteiger partial charge in [-0.1, -0.05) is 11.2 Å². The van der Waals surface area contributed by atoms with Crippen LogP contribution in [0.3, 0.4) is 0 Å².